The van der Waals surface area contributed by atoms with E-state index < -0.39 is 16.1 Å². The Morgan fingerprint density at radius 3 is 2.57 bits per heavy atom. The molecule has 0 aromatic heterocycles. The lowest BCUT2D eigenvalue weighted by atomic mass is 10.2. The first-order valence-corrected chi connectivity index (χ1v) is 9.32. The summed E-state index contributed by atoms with van der Waals surface area (Å²) in [5.74, 6) is -0.132. The Balaban J connectivity index is 2.26. The van der Waals surface area contributed by atoms with Gasteiger partial charge in [0.15, 0.2) is 0 Å². The minimum Gasteiger partial charge on any atom is -0.338 e. The van der Waals surface area contributed by atoms with E-state index in [1.54, 1.807) is 35.2 Å². The van der Waals surface area contributed by atoms with Gasteiger partial charge in [-0.3, -0.25) is 4.79 Å². The molecule has 1 aliphatic heterocycles. The van der Waals surface area contributed by atoms with Gasteiger partial charge in [-0.15, -0.1) is 0 Å². The zero-order valence-corrected chi connectivity index (χ0v) is 14.6. The molecule has 6 heteroatoms. The molecule has 0 saturated carbocycles. The summed E-state index contributed by atoms with van der Waals surface area (Å²) >= 11 is 0. The number of carbonyl (C=O) groups excluding carboxylic acids is 1. The second-order valence-electron chi connectivity index (χ2n) is 5.90. The Hall–Kier alpha value is -1.66. The van der Waals surface area contributed by atoms with Gasteiger partial charge in [0.2, 0.25) is 15.9 Å². The van der Waals surface area contributed by atoms with Gasteiger partial charge in [0.05, 0.1) is 4.90 Å². The lowest BCUT2D eigenvalue weighted by Gasteiger charge is -2.29. The molecule has 1 atom stereocenters. The van der Waals surface area contributed by atoms with Crippen LogP contribution in [0.5, 0.6) is 0 Å². The van der Waals surface area contributed by atoms with Gasteiger partial charge in [-0.05, 0) is 38.8 Å². The molecule has 1 fully saturated rings. The molecule has 1 unspecified atom stereocenters. The molecular weight excluding hydrogens is 312 g/mol. The van der Waals surface area contributed by atoms with E-state index in [9.17, 15) is 13.2 Å². The van der Waals surface area contributed by atoms with Crippen molar-refractivity contribution in [2.75, 3.05) is 19.6 Å². The summed E-state index contributed by atoms with van der Waals surface area (Å²) < 4.78 is 27.0. The van der Waals surface area contributed by atoms with Crippen molar-refractivity contribution in [2.24, 2.45) is 0 Å². The summed E-state index contributed by atoms with van der Waals surface area (Å²) in [7, 11) is -3.64. The molecule has 1 aliphatic rings. The van der Waals surface area contributed by atoms with Gasteiger partial charge in [-0.2, -0.15) is 4.31 Å². The van der Waals surface area contributed by atoms with Gasteiger partial charge in [-0.25, -0.2) is 8.42 Å². The number of carbonyl (C=O) groups is 1. The largest absolute Gasteiger partial charge is 0.338 e. The third kappa shape index (κ3) is 3.82. The molecule has 126 valence electrons. The Bertz CT molecular complexity index is 670. The lowest BCUT2D eigenvalue weighted by molar-refractivity contribution is -0.134. The van der Waals surface area contributed by atoms with E-state index in [0.29, 0.717) is 32.5 Å². The standard InChI is InChI=1S/C17H24N2O3S/c1-4-18(13-14(2)3)17(20)16-11-8-12-19(16)23(21,22)15-9-6-5-7-10-15/h5-7,9-10,16H,2,4,8,11-13H2,1,3H3. The third-order valence-corrected chi connectivity index (χ3v) is 5.92. The highest BCUT2D eigenvalue weighted by atomic mass is 32.2. The molecule has 1 aromatic carbocycles. The first-order valence-electron chi connectivity index (χ1n) is 7.88. The van der Waals surface area contributed by atoms with Crippen LogP contribution < -0.4 is 0 Å². The molecule has 2 rings (SSSR count). The first kappa shape index (κ1) is 17.7. The average Bonchev–Trinajstić information content (AvgIpc) is 3.03. The Kier molecular flexibility index (Phi) is 5.59. The summed E-state index contributed by atoms with van der Waals surface area (Å²) in [6, 6.07) is 7.69. The number of hydrogen-bond acceptors (Lipinski definition) is 3. The van der Waals surface area contributed by atoms with Crippen molar-refractivity contribution >= 4 is 15.9 Å². The number of likely N-dealkylation sites (N-methyl/N-ethyl adjacent to an activating group) is 1. The molecule has 0 bridgehead atoms. The third-order valence-electron chi connectivity index (χ3n) is 3.99. The van der Waals surface area contributed by atoms with E-state index >= 15 is 0 Å². The minimum absolute atomic E-state index is 0.132. The topological polar surface area (TPSA) is 57.7 Å². The van der Waals surface area contributed by atoms with Crippen LogP contribution in [-0.2, 0) is 14.8 Å². The number of rotatable bonds is 6. The maximum atomic E-state index is 12.8. The smallest absolute Gasteiger partial charge is 0.243 e. The fourth-order valence-electron chi connectivity index (χ4n) is 2.88. The zero-order chi connectivity index (χ0) is 17.0. The Morgan fingerprint density at radius 1 is 1.35 bits per heavy atom. The summed E-state index contributed by atoms with van der Waals surface area (Å²) in [4.78, 5) is 14.7. The zero-order valence-electron chi connectivity index (χ0n) is 13.7. The van der Waals surface area contributed by atoms with Gasteiger partial charge in [-0.1, -0.05) is 30.4 Å². The fraction of sp³-hybridized carbons (Fsp3) is 0.471. The van der Waals surface area contributed by atoms with Crippen molar-refractivity contribution in [3.8, 4) is 0 Å². The summed E-state index contributed by atoms with van der Waals surface area (Å²) in [5.41, 5.74) is 0.885. The minimum atomic E-state index is -3.64. The number of benzene rings is 1. The van der Waals surface area contributed by atoms with Crippen LogP contribution in [0.2, 0.25) is 0 Å². The van der Waals surface area contributed by atoms with Gasteiger partial charge in [0, 0.05) is 19.6 Å². The number of sulfonamides is 1. The van der Waals surface area contributed by atoms with Gasteiger partial charge in [0.25, 0.3) is 0 Å². The van der Waals surface area contributed by atoms with Crippen LogP contribution in [0.1, 0.15) is 26.7 Å². The Labute approximate surface area is 138 Å². The number of amides is 1. The lowest BCUT2D eigenvalue weighted by Crippen LogP contribution is -2.48. The van der Waals surface area contributed by atoms with Crippen LogP contribution in [-0.4, -0.2) is 49.2 Å². The van der Waals surface area contributed by atoms with Gasteiger partial charge in [0.1, 0.15) is 6.04 Å². The molecule has 1 heterocycles. The van der Waals surface area contributed by atoms with E-state index in [2.05, 4.69) is 6.58 Å². The van der Waals surface area contributed by atoms with Crippen molar-refractivity contribution in [1.82, 2.24) is 9.21 Å². The molecule has 1 saturated heterocycles. The SMILES string of the molecule is C=C(C)CN(CC)C(=O)C1CCCN1S(=O)(=O)c1ccccc1. The predicted molar refractivity (Wildman–Crippen MR) is 90.4 cm³/mol. The molecule has 0 radical (unpaired) electrons. The van der Waals surface area contributed by atoms with Crippen LogP contribution in [0.4, 0.5) is 0 Å². The second-order valence-corrected chi connectivity index (χ2v) is 7.79. The molecule has 23 heavy (non-hydrogen) atoms. The highest BCUT2D eigenvalue weighted by Crippen LogP contribution is 2.27. The molecule has 0 N–H and O–H groups in total. The normalized spacial score (nSPS) is 18.8. The summed E-state index contributed by atoms with van der Waals surface area (Å²) in [6.45, 7) is 8.99. The first-order chi connectivity index (χ1) is 10.9. The Morgan fingerprint density at radius 2 is 2.00 bits per heavy atom. The van der Waals surface area contributed by atoms with Crippen molar-refractivity contribution in [2.45, 2.75) is 37.6 Å². The van der Waals surface area contributed by atoms with Crippen molar-refractivity contribution in [3.05, 3.63) is 42.5 Å². The van der Waals surface area contributed by atoms with E-state index in [1.165, 1.54) is 4.31 Å². The molecule has 1 amide bonds. The average molecular weight is 336 g/mol. The van der Waals surface area contributed by atoms with E-state index in [4.69, 9.17) is 0 Å². The van der Waals surface area contributed by atoms with Gasteiger partial charge < -0.3 is 4.90 Å². The van der Waals surface area contributed by atoms with Crippen molar-refractivity contribution < 1.29 is 13.2 Å². The van der Waals surface area contributed by atoms with E-state index in [1.807, 2.05) is 13.8 Å². The summed E-state index contributed by atoms with van der Waals surface area (Å²) in [6.07, 6.45) is 1.27. The maximum Gasteiger partial charge on any atom is 0.243 e. The number of hydrogen-bond donors (Lipinski definition) is 0. The van der Waals surface area contributed by atoms with Crippen molar-refractivity contribution in [1.29, 1.82) is 0 Å². The van der Waals surface area contributed by atoms with Crippen LogP contribution in [0.3, 0.4) is 0 Å². The van der Waals surface area contributed by atoms with E-state index in [-0.39, 0.29) is 10.8 Å². The molecular formula is C17H24N2O3S. The van der Waals surface area contributed by atoms with Crippen LogP contribution in [0.25, 0.3) is 0 Å². The van der Waals surface area contributed by atoms with E-state index in [0.717, 1.165) is 5.57 Å². The molecule has 1 aromatic rings. The van der Waals surface area contributed by atoms with Crippen LogP contribution in [0, 0.1) is 0 Å². The predicted octanol–water partition coefficient (Wildman–Crippen LogP) is 2.26. The highest BCUT2D eigenvalue weighted by Gasteiger charge is 2.40. The van der Waals surface area contributed by atoms with Crippen LogP contribution in [0.15, 0.2) is 47.4 Å². The van der Waals surface area contributed by atoms with Gasteiger partial charge >= 0.3 is 0 Å². The number of nitrogens with zero attached hydrogens (tertiary/aromatic N) is 2. The van der Waals surface area contributed by atoms with Crippen molar-refractivity contribution in [3.63, 3.8) is 0 Å². The molecule has 0 spiro atoms. The second kappa shape index (κ2) is 7.27. The fourth-order valence-corrected chi connectivity index (χ4v) is 4.56. The summed E-state index contributed by atoms with van der Waals surface area (Å²) in [5, 5.41) is 0. The quantitative estimate of drug-likeness (QED) is 0.749. The maximum absolute atomic E-state index is 12.8. The molecule has 5 nitrogen and oxygen atoms in total. The highest BCUT2D eigenvalue weighted by molar-refractivity contribution is 7.89. The monoisotopic (exact) mass is 336 g/mol. The molecule has 0 aliphatic carbocycles. The van der Waals surface area contributed by atoms with Crippen LogP contribution >= 0.6 is 0 Å².